The smallest absolute Gasteiger partial charge is 0.243 e. The van der Waals surface area contributed by atoms with Crippen LogP contribution in [0.3, 0.4) is 0 Å². The zero-order valence-electron chi connectivity index (χ0n) is 39.1. The molecule has 19 nitrogen and oxygen atoms in total. The number of morpholine rings is 2. The van der Waals surface area contributed by atoms with Crippen molar-refractivity contribution in [2.75, 3.05) is 109 Å². The lowest BCUT2D eigenvalue weighted by Gasteiger charge is -2.30. The molecule has 0 spiro atoms. The molecule has 0 aliphatic carbocycles. The number of nitrogens with two attached hydrogens (primary N) is 1. The number of anilines is 5. The average molecular weight is 983 g/mol. The zero-order chi connectivity index (χ0) is 48.4. The van der Waals surface area contributed by atoms with Gasteiger partial charge in [-0.05, 0) is 145 Å². The van der Waals surface area contributed by atoms with E-state index >= 15 is 0 Å². The number of nitrogens with zero attached hydrogens (tertiary/aromatic N) is 8. The number of ether oxygens (including phenoxy) is 2. The van der Waals surface area contributed by atoms with Gasteiger partial charge >= 0.3 is 0 Å². The van der Waals surface area contributed by atoms with Crippen molar-refractivity contribution >= 4 is 70.8 Å². The van der Waals surface area contributed by atoms with E-state index in [0.717, 1.165) is 53.6 Å². The highest BCUT2D eigenvalue weighted by atomic mass is 32.2. The maximum Gasteiger partial charge on any atom is 0.243 e. The number of hydrogen-bond acceptors (Lipinski definition) is 17. The van der Waals surface area contributed by atoms with Gasteiger partial charge in [-0.25, -0.2) is 36.8 Å². The fourth-order valence-electron chi connectivity index (χ4n) is 8.21. The van der Waals surface area contributed by atoms with Crippen molar-refractivity contribution in [2.45, 2.75) is 47.6 Å². The monoisotopic (exact) mass is 982 g/mol. The van der Waals surface area contributed by atoms with Gasteiger partial charge in [0.1, 0.15) is 5.75 Å². The van der Waals surface area contributed by atoms with Gasteiger partial charge in [0.25, 0.3) is 0 Å². The number of hydrogen-bond donors (Lipinski definition) is 5. The number of likely N-dealkylation sites (tertiary alicyclic amines) is 2. The van der Waals surface area contributed by atoms with Crippen molar-refractivity contribution in [3.05, 3.63) is 97.3 Å². The summed E-state index contributed by atoms with van der Waals surface area (Å²) < 4.78 is 64.3. The first-order chi connectivity index (χ1) is 33.3. The molecule has 10 rings (SSSR count). The number of phenols is 1. The number of phenolic OH excluding ortho intramolecular Hbond substituents is 1. The zero-order valence-corrected chi connectivity index (χ0v) is 40.7. The number of fused-ring (bicyclic) bond motifs is 2. The van der Waals surface area contributed by atoms with E-state index in [2.05, 4.69) is 71.9 Å². The van der Waals surface area contributed by atoms with Crippen molar-refractivity contribution in [3.63, 3.8) is 0 Å². The Morgan fingerprint density at radius 3 is 1.45 bits per heavy atom. The summed E-state index contributed by atoms with van der Waals surface area (Å²) in [5, 5.41) is 21.2. The first-order valence-electron chi connectivity index (χ1n) is 23.3. The van der Waals surface area contributed by atoms with Gasteiger partial charge in [-0.15, -0.1) is 0 Å². The molecule has 69 heavy (non-hydrogen) atoms. The van der Waals surface area contributed by atoms with Gasteiger partial charge in [0.2, 0.25) is 31.9 Å². The molecule has 0 amide bonds. The number of piperidine rings is 2. The van der Waals surface area contributed by atoms with Crippen LogP contribution in [0, 0.1) is 0 Å². The SMILES string of the molecule is CN1CCC(N)CC1.CN1CCC(Nc2ccc3cnc(Nc4ccc(S(=O)(=O)N5CCOCC5)cc4)nc3c2)CC1.O=S(=O)(c1ccc(Nc2ncc3ccc(O)cc3n2)cc1)N1CCOCC1. The van der Waals surface area contributed by atoms with E-state index in [0.29, 0.717) is 87.8 Å². The van der Waals surface area contributed by atoms with Crippen LogP contribution in [-0.2, 0) is 29.5 Å². The third-order valence-electron chi connectivity index (χ3n) is 12.4. The van der Waals surface area contributed by atoms with E-state index in [4.69, 9.17) is 15.2 Å². The predicted octanol–water partition coefficient (Wildman–Crippen LogP) is 5.04. The van der Waals surface area contributed by atoms with E-state index in [-0.39, 0.29) is 15.5 Å². The predicted molar refractivity (Wildman–Crippen MR) is 268 cm³/mol. The van der Waals surface area contributed by atoms with Crippen molar-refractivity contribution in [3.8, 4) is 5.75 Å². The van der Waals surface area contributed by atoms with Crippen molar-refractivity contribution < 1.29 is 31.4 Å². The first-order valence-corrected chi connectivity index (χ1v) is 26.2. The summed E-state index contributed by atoms with van der Waals surface area (Å²) in [5.74, 6) is 0.953. The van der Waals surface area contributed by atoms with Crippen LogP contribution in [0.2, 0.25) is 0 Å². The van der Waals surface area contributed by atoms with Crippen LogP contribution in [0.25, 0.3) is 21.8 Å². The molecule has 0 unspecified atom stereocenters. The Morgan fingerprint density at radius 1 is 0.565 bits per heavy atom. The normalized spacial score (nSPS) is 18.4. The van der Waals surface area contributed by atoms with Crippen LogP contribution in [0.1, 0.15) is 25.7 Å². The van der Waals surface area contributed by atoms with Gasteiger partial charge in [0.05, 0.1) is 47.3 Å². The summed E-state index contributed by atoms with van der Waals surface area (Å²) in [4.78, 5) is 22.8. The molecule has 0 bridgehead atoms. The molecular formula is C48H62N12O7S2. The molecule has 21 heteroatoms. The van der Waals surface area contributed by atoms with E-state index in [9.17, 15) is 21.9 Å². The molecule has 2 aromatic heterocycles. The number of benzene rings is 4. The average Bonchev–Trinajstić information content (AvgIpc) is 3.37. The standard InChI is InChI=1S/C24H30N6O3S.C18H18N4O4S.C6H14N2/c1-29-10-8-20(9-11-29)26-21-3-2-18-17-25-24(28-23(18)16-21)27-19-4-6-22(7-5-19)34(31,32)30-12-14-33-15-13-30;23-15-4-1-13-12-19-18(21-17(13)11-15)20-14-2-5-16(6-3-14)27(24,25)22-7-9-26-10-8-22;1-8-4-2-6(7)3-5-8/h2-7,16-17,20,26H,8-15H2,1H3,(H,25,27,28);1-6,11-12,23H,7-10H2,(H,19,20,21);6H,2-5,7H2,1H3. The van der Waals surface area contributed by atoms with Crippen molar-refractivity contribution in [1.82, 2.24) is 38.3 Å². The highest BCUT2D eigenvalue weighted by Gasteiger charge is 2.27. The summed E-state index contributed by atoms with van der Waals surface area (Å²) in [6.45, 7) is 7.72. The number of rotatable bonds is 10. The lowest BCUT2D eigenvalue weighted by atomic mass is 10.1. The van der Waals surface area contributed by atoms with Gasteiger partial charge in [-0.1, -0.05) is 0 Å². The summed E-state index contributed by atoms with van der Waals surface area (Å²) in [7, 11) is -2.73. The third kappa shape index (κ3) is 13.4. The topological polar surface area (TPSA) is 234 Å². The summed E-state index contributed by atoms with van der Waals surface area (Å²) in [6, 6.07) is 25.1. The van der Waals surface area contributed by atoms with Crippen molar-refractivity contribution in [1.29, 1.82) is 0 Å². The molecule has 4 aromatic carbocycles. The molecule has 0 radical (unpaired) electrons. The third-order valence-corrected chi connectivity index (χ3v) is 16.3. The quantitative estimate of drug-likeness (QED) is 0.121. The van der Waals surface area contributed by atoms with Gasteiger partial charge in [0.15, 0.2) is 0 Å². The van der Waals surface area contributed by atoms with E-state index in [1.807, 2.05) is 6.07 Å². The number of sulfonamides is 2. The van der Waals surface area contributed by atoms with E-state index < -0.39 is 20.0 Å². The molecule has 4 aliphatic rings. The highest BCUT2D eigenvalue weighted by Crippen LogP contribution is 2.26. The van der Waals surface area contributed by atoms with Crippen LogP contribution in [0.15, 0.2) is 107 Å². The second kappa shape index (κ2) is 22.9. The Hall–Kier alpha value is -5.62. The highest BCUT2D eigenvalue weighted by molar-refractivity contribution is 7.89. The molecule has 368 valence electrons. The Balaban J connectivity index is 0.000000163. The second-order valence-corrected chi connectivity index (χ2v) is 21.5. The fraction of sp³-hybridized carbons (Fsp3) is 0.417. The fourth-order valence-corrected chi connectivity index (χ4v) is 11.0. The van der Waals surface area contributed by atoms with Crippen LogP contribution >= 0.6 is 0 Å². The molecule has 4 saturated heterocycles. The molecule has 0 saturated carbocycles. The maximum atomic E-state index is 12.8. The summed E-state index contributed by atoms with van der Waals surface area (Å²) in [5.41, 5.74) is 9.57. The Kier molecular flexibility index (Phi) is 16.5. The number of aromatic nitrogens is 4. The molecule has 6 N–H and O–H groups in total. The molecule has 4 aliphatic heterocycles. The Morgan fingerprint density at radius 2 is 0.986 bits per heavy atom. The van der Waals surface area contributed by atoms with Crippen LogP contribution < -0.4 is 21.7 Å². The van der Waals surface area contributed by atoms with Gasteiger partial charge in [0, 0.05) is 84.6 Å². The maximum absolute atomic E-state index is 12.8. The first kappa shape index (κ1) is 49.8. The minimum absolute atomic E-state index is 0.129. The van der Waals surface area contributed by atoms with Crippen LogP contribution in [0.5, 0.6) is 5.75 Å². The Labute approximate surface area is 404 Å². The molecular weight excluding hydrogens is 921 g/mol. The second-order valence-electron chi connectivity index (χ2n) is 17.6. The molecule has 0 atom stereocenters. The summed E-state index contributed by atoms with van der Waals surface area (Å²) >= 11 is 0. The number of nitrogens with one attached hydrogen (secondary N) is 3. The minimum Gasteiger partial charge on any atom is -0.508 e. The van der Waals surface area contributed by atoms with Crippen LogP contribution in [-0.4, -0.2) is 165 Å². The largest absolute Gasteiger partial charge is 0.508 e. The molecule has 6 aromatic rings. The molecule has 4 fully saturated rings. The van der Waals surface area contributed by atoms with Crippen molar-refractivity contribution in [2.24, 2.45) is 5.73 Å². The summed E-state index contributed by atoms with van der Waals surface area (Å²) in [6.07, 6.45) is 8.06. The number of aromatic hydroxyl groups is 1. The lowest BCUT2D eigenvalue weighted by Crippen LogP contribution is -2.40. The van der Waals surface area contributed by atoms with Crippen LogP contribution in [0.4, 0.5) is 29.0 Å². The molecule has 6 heterocycles. The lowest BCUT2D eigenvalue weighted by molar-refractivity contribution is 0.0730. The van der Waals surface area contributed by atoms with Gasteiger partial charge < -0.3 is 46.1 Å². The van der Waals surface area contributed by atoms with E-state index in [1.165, 1.54) is 34.5 Å². The van der Waals surface area contributed by atoms with Gasteiger partial charge in [-0.3, -0.25) is 0 Å². The Bertz CT molecular complexity index is 2840. The van der Waals surface area contributed by atoms with E-state index in [1.54, 1.807) is 79.1 Å². The van der Waals surface area contributed by atoms with Gasteiger partial charge in [-0.2, -0.15) is 8.61 Å². The minimum atomic E-state index is -3.52.